The van der Waals surface area contributed by atoms with Crippen molar-refractivity contribution in [3.8, 4) is 0 Å². The van der Waals surface area contributed by atoms with Crippen LogP contribution in [0, 0.1) is 5.41 Å². The molecule has 24 heavy (non-hydrogen) atoms. The van der Waals surface area contributed by atoms with E-state index in [9.17, 15) is 4.79 Å². The van der Waals surface area contributed by atoms with Gasteiger partial charge in [-0.25, -0.2) is 0 Å². The van der Waals surface area contributed by atoms with Gasteiger partial charge in [-0.1, -0.05) is 0 Å². The van der Waals surface area contributed by atoms with Crippen LogP contribution in [0.4, 0.5) is 5.69 Å². The summed E-state index contributed by atoms with van der Waals surface area (Å²) in [6.45, 7) is 4.77. The Balaban J connectivity index is 1.37. The number of amides is 1. The molecule has 6 nitrogen and oxygen atoms in total. The summed E-state index contributed by atoms with van der Waals surface area (Å²) in [5, 5.41) is 9.85. The maximum Gasteiger partial charge on any atom is 0.237 e. The number of rotatable bonds is 6. The molecule has 0 radical (unpaired) electrons. The van der Waals surface area contributed by atoms with E-state index in [1.54, 1.807) is 6.20 Å². The van der Waals surface area contributed by atoms with Crippen molar-refractivity contribution in [2.45, 2.75) is 31.7 Å². The third-order valence-electron chi connectivity index (χ3n) is 5.35. The Bertz CT molecular complexity index is 529. The molecule has 1 spiro atoms. The van der Waals surface area contributed by atoms with Crippen LogP contribution in [0.25, 0.3) is 0 Å². The van der Waals surface area contributed by atoms with Gasteiger partial charge in [0.2, 0.25) is 5.91 Å². The lowest BCUT2D eigenvalue weighted by molar-refractivity contribution is -0.125. The second-order valence-corrected chi connectivity index (χ2v) is 7.20. The van der Waals surface area contributed by atoms with Crippen molar-refractivity contribution in [1.29, 1.82) is 0 Å². The van der Waals surface area contributed by atoms with Gasteiger partial charge in [0.1, 0.15) is 0 Å². The summed E-state index contributed by atoms with van der Waals surface area (Å²) in [5.74, 6) is 0.189. The van der Waals surface area contributed by atoms with E-state index >= 15 is 0 Å². The zero-order chi connectivity index (χ0) is 16.8. The summed E-state index contributed by atoms with van der Waals surface area (Å²) in [7, 11) is 2.09. The van der Waals surface area contributed by atoms with Crippen LogP contribution in [-0.4, -0.2) is 61.6 Å². The standard InChI is InChI=1S/C18H29N5O/c1-23-14-18(5-10-19-11-6-18)12-16(23)17(24)22-9-3-8-21-15-4-2-7-20-13-15/h2,4,7,13,16,19,21H,3,5-6,8-12,14H2,1H3,(H,22,24)/t16-/m1/s1. The number of hydrogen-bond donors (Lipinski definition) is 3. The Labute approximate surface area is 144 Å². The Morgan fingerprint density at radius 1 is 1.42 bits per heavy atom. The molecule has 1 atom stereocenters. The van der Waals surface area contributed by atoms with Gasteiger partial charge in [0, 0.05) is 32.0 Å². The van der Waals surface area contributed by atoms with Gasteiger partial charge in [0.15, 0.2) is 0 Å². The number of nitrogens with zero attached hydrogens (tertiary/aromatic N) is 2. The first-order valence-electron chi connectivity index (χ1n) is 9.01. The predicted molar refractivity (Wildman–Crippen MR) is 95.9 cm³/mol. The Morgan fingerprint density at radius 2 is 2.25 bits per heavy atom. The first-order valence-corrected chi connectivity index (χ1v) is 9.01. The molecule has 6 heteroatoms. The molecule has 0 aromatic carbocycles. The van der Waals surface area contributed by atoms with Gasteiger partial charge < -0.3 is 16.0 Å². The van der Waals surface area contributed by atoms with Crippen molar-refractivity contribution in [2.75, 3.05) is 45.1 Å². The summed E-state index contributed by atoms with van der Waals surface area (Å²) < 4.78 is 0. The van der Waals surface area contributed by atoms with Gasteiger partial charge in [-0.15, -0.1) is 0 Å². The lowest BCUT2D eigenvalue weighted by Gasteiger charge is -2.33. The van der Waals surface area contributed by atoms with Crippen LogP contribution in [0.3, 0.4) is 0 Å². The van der Waals surface area contributed by atoms with Crippen molar-refractivity contribution in [3.63, 3.8) is 0 Å². The van der Waals surface area contributed by atoms with Gasteiger partial charge in [-0.2, -0.15) is 0 Å². The number of carbonyl (C=O) groups excluding carboxylic acids is 1. The normalized spacial score (nSPS) is 23.3. The number of anilines is 1. The van der Waals surface area contributed by atoms with Gasteiger partial charge in [-0.05, 0) is 63.4 Å². The number of carbonyl (C=O) groups is 1. The van der Waals surface area contributed by atoms with Gasteiger partial charge in [0.25, 0.3) is 0 Å². The molecular weight excluding hydrogens is 302 g/mol. The quantitative estimate of drug-likeness (QED) is 0.681. The van der Waals surface area contributed by atoms with E-state index in [4.69, 9.17) is 0 Å². The molecule has 132 valence electrons. The summed E-state index contributed by atoms with van der Waals surface area (Å²) >= 11 is 0. The van der Waals surface area contributed by atoms with Gasteiger partial charge in [0.05, 0.1) is 11.7 Å². The van der Waals surface area contributed by atoms with E-state index in [0.29, 0.717) is 12.0 Å². The Kier molecular flexibility index (Phi) is 5.68. The third-order valence-corrected chi connectivity index (χ3v) is 5.35. The van der Waals surface area contributed by atoms with E-state index in [1.165, 1.54) is 12.8 Å². The minimum Gasteiger partial charge on any atom is -0.384 e. The molecule has 2 aliphatic rings. The number of hydrogen-bond acceptors (Lipinski definition) is 5. The summed E-state index contributed by atoms with van der Waals surface area (Å²) in [4.78, 5) is 18.8. The van der Waals surface area contributed by atoms with Crippen LogP contribution in [0.1, 0.15) is 25.7 Å². The third kappa shape index (κ3) is 4.24. The number of likely N-dealkylation sites (tertiary alicyclic amines) is 1. The van der Waals surface area contributed by atoms with E-state index in [0.717, 1.165) is 44.7 Å². The molecule has 3 heterocycles. The Hall–Kier alpha value is -1.66. The smallest absolute Gasteiger partial charge is 0.237 e. The monoisotopic (exact) mass is 331 g/mol. The highest BCUT2D eigenvalue weighted by molar-refractivity contribution is 5.82. The molecule has 1 aromatic rings. The second kappa shape index (κ2) is 7.94. The molecule has 0 bridgehead atoms. The summed E-state index contributed by atoms with van der Waals surface area (Å²) in [5.41, 5.74) is 1.37. The lowest BCUT2D eigenvalue weighted by Crippen LogP contribution is -2.41. The van der Waals surface area contributed by atoms with Crippen LogP contribution in [0.15, 0.2) is 24.5 Å². The van der Waals surface area contributed by atoms with Crippen molar-refractivity contribution in [2.24, 2.45) is 5.41 Å². The number of likely N-dealkylation sites (N-methyl/N-ethyl adjacent to an activating group) is 1. The van der Waals surface area contributed by atoms with Crippen LogP contribution in [0.2, 0.25) is 0 Å². The van der Waals surface area contributed by atoms with Crippen LogP contribution >= 0.6 is 0 Å². The molecule has 1 amide bonds. The maximum atomic E-state index is 12.5. The minimum absolute atomic E-state index is 0.0365. The highest BCUT2D eigenvalue weighted by Crippen LogP contribution is 2.41. The highest BCUT2D eigenvalue weighted by atomic mass is 16.2. The molecule has 1 aromatic heterocycles. The van der Waals surface area contributed by atoms with Crippen LogP contribution < -0.4 is 16.0 Å². The zero-order valence-electron chi connectivity index (χ0n) is 14.6. The number of aromatic nitrogens is 1. The molecule has 2 saturated heterocycles. The van der Waals surface area contributed by atoms with E-state index in [2.05, 4.69) is 32.9 Å². The number of pyridine rings is 1. The van der Waals surface area contributed by atoms with E-state index in [-0.39, 0.29) is 11.9 Å². The zero-order valence-corrected chi connectivity index (χ0v) is 14.6. The molecule has 0 unspecified atom stereocenters. The number of nitrogens with one attached hydrogen (secondary N) is 3. The van der Waals surface area contributed by atoms with Crippen LogP contribution in [0.5, 0.6) is 0 Å². The maximum absolute atomic E-state index is 12.5. The fourth-order valence-corrected chi connectivity index (χ4v) is 4.00. The molecule has 2 fully saturated rings. The average molecular weight is 331 g/mol. The fraction of sp³-hybridized carbons (Fsp3) is 0.667. The highest BCUT2D eigenvalue weighted by Gasteiger charge is 2.45. The number of piperidine rings is 1. The van der Waals surface area contributed by atoms with Gasteiger partial charge >= 0.3 is 0 Å². The van der Waals surface area contributed by atoms with E-state index < -0.39 is 0 Å². The summed E-state index contributed by atoms with van der Waals surface area (Å²) in [6, 6.07) is 3.95. The largest absolute Gasteiger partial charge is 0.384 e. The van der Waals surface area contributed by atoms with E-state index in [1.807, 2.05) is 18.3 Å². The van der Waals surface area contributed by atoms with Crippen molar-refractivity contribution in [1.82, 2.24) is 20.5 Å². The van der Waals surface area contributed by atoms with Gasteiger partial charge in [-0.3, -0.25) is 14.7 Å². The predicted octanol–water partition coefficient (Wildman–Crippen LogP) is 1.07. The summed E-state index contributed by atoms with van der Waals surface area (Å²) in [6.07, 6.45) is 7.87. The van der Waals surface area contributed by atoms with Crippen molar-refractivity contribution < 1.29 is 4.79 Å². The average Bonchev–Trinajstić information content (AvgIpc) is 2.92. The lowest BCUT2D eigenvalue weighted by atomic mass is 9.77. The first kappa shape index (κ1) is 17.2. The first-order chi connectivity index (χ1) is 11.7. The van der Waals surface area contributed by atoms with Crippen molar-refractivity contribution in [3.05, 3.63) is 24.5 Å². The molecule has 0 saturated carbocycles. The molecule has 3 N–H and O–H groups in total. The minimum atomic E-state index is 0.0365. The molecule has 2 aliphatic heterocycles. The van der Waals surface area contributed by atoms with Crippen molar-refractivity contribution >= 4 is 11.6 Å². The molecule has 3 rings (SSSR count). The second-order valence-electron chi connectivity index (χ2n) is 7.20. The van der Waals surface area contributed by atoms with Crippen LogP contribution in [-0.2, 0) is 4.79 Å². The SMILES string of the molecule is CN1CC2(CCNCC2)C[C@@H]1C(=O)NCCCNc1cccnc1. The fourth-order valence-electron chi connectivity index (χ4n) is 4.00. The Morgan fingerprint density at radius 3 is 3.00 bits per heavy atom. The molecular formula is C18H29N5O. The topological polar surface area (TPSA) is 69.3 Å². The molecule has 0 aliphatic carbocycles.